The SMILES string of the molecule is COc1ccc2c(C(=O)O)nc(COc3ccc(F)cc3)n2c1. The van der Waals surface area contributed by atoms with E-state index >= 15 is 0 Å². The number of benzene rings is 1. The van der Waals surface area contributed by atoms with Crippen molar-refractivity contribution in [1.29, 1.82) is 0 Å². The lowest BCUT2D eigenvalue weighted by Gasteiger charge is -2.06. The molecule has 0 radical (unpaired) electrons. The lowest BCUT2D eigenvalue weighted by atomic mass is 10.3. The fraction of sp³-hybridized carbons (Fsp3) is 0.125. The Hall–Kier alpha value is -3.09. The van der Waals surface area contributed by atoms with E-state index in [2.05, 4.69) is 4.98 Å². The standard InChI is InChI=1S/C16H13FN2O4/c1-22-12-6-7-13-15(16(20)21)18-14(19(13)8-12)9-23-11-4-2-10(17)3-5-11/h2-8H,9H2,1H3,(H,20,21). The number of ether oxygens (including phenoxy) is 2. The van der Waals surface area contributed by atoms with Crippen LogP contribution in [0.15, 0.2) is 42.6 Å². The molecule has 0 aliphatic carbocycles. The average molecular weight is 316 g/mol. The number of methoxy groups -OCH3 is 1. The maximum atomic E-state index is 12.9. The van der Waals surface area contributed by atoms with Crippen molar-refractivity contribution in [2.24, 2.45) is 0 Å². The summed E-state index contributed by atoms with van der Waals surface area (Å²) in [5.41, 5.74) is 0.376. The third-order valence-electron chi connectivity index (χ3n) is 3.30. The number of rotatable bonds is 5. The lowest BCUT2D eigenvalue weighted by Crippen LogP contribution is -2.02. The number of hydrogen-bond acceptors (Lipinski definition) is 4. The molecule has 7 heteroatoms. The van der Waals surface area contributed by atoms with Crippen LogP contribution in [0.1, 0.15) is 16.3 Å². The fourth-order valence-corrected chi connectivity index (χ4v) is 2.19. The summed E-state index contributed by atoms with van der Waals surface area (Å²) in [5, 5.41) is 9.25. The van der Waals surface area contributed by atoms with Crippen molar-refractivity contribution in [3.63, 3.8) is 0 Å². The highest BCUT2D eigenvalue weighted by atomic mass is 19.1. The predicted molar refractivity (Wildman–Crippen MR) is 79.4 cm³/mol. The number of carbonyl (C=O) groups is 1. The van der Waals surface area contributed by atoms with Crippen LogP contribution >= 0.6 is 0 Å². The van der Waals surface area contributed by atoms with Gasteiger partial charge in [-0.25, -0.2) is 14.2 Å². The van der Waals surface area contributed by atoms with Gasteiger partial charge in [0.05, 0.1) is 18.8 Å². The van der Waals surface area contributed by atoms with Crippen molar-refractivity contribution in [3.05, 3.63) is 59.9 Å². The van der Waals surface area contributed by atoms with E-state index in [0.717, 1.165) is 0 Å². The maximum absolute atomic E-state index is 12.9. The molecule has 0 aliphatic rings. The second kappa shape index (κ2) is 5.96. The first-order chi connectivity index (χ1) is 11.1. The molecule has 0 spiro atoms. The van der Waals surface area contributed by atoms with Crippen molar-refractivity contribution >= 4 is 11.5 Å². The second-order valence-corrected chi connectivity index (χ2v) is 4.75. The number of aromatic carboxylic acids is 1. The average Bonchev–Trinajstić information content (AvgIpc) is 2.92. The van der Waals surface area contributed by atoms with Crippen molar-refractivity contribution in [1.82, 2.24) is 9.38 Å². The minimum Gasteiger partial charge on any atom is -0.495 e. The number of fused-ring (bicyclic) bond motifs is 1. The van der Waals surface area contributed by atoms with Gasteiger partial charge in [-0.05, 0) is 36.4 Å². The summed E-state index contributed by atoms with van der Waals surface area (Å²) in [4.78, 5) is 15.4. The van der Waals surface area contributed by atoms with E-state index in [1.165, 1.54) is 31.4 Å². The molecule has 0 atom stereocenters. The Morgan fingerprint density at radius 3 is 2.57 bits per heavy atom. The Morgan fingerprint density at radius 1 is 1.22 bits per heavy atom. The molecule has 0 fully saturated rings. The van der Waals surface area contributed by atoms with E-state index in [1.54, 1.807) is 22.7 Å². The van der Waals surface area contributed by atoms with Gasteiger partial charge in [-0.15, -0.1) is 0 Å². The van der Waals surface area contributed by atoms with Gasteiger partial charge in [-0.3, -0.25) is 4.40 Å². The van der Waals surface area contributed by atoms with Crippen LogP contribution < -0.4 is 9.47 Å². The van der Waals surface area contributed by atoms with E-state index in [9.17, 15) is 14.3 Å². The minimum absolute atomic E-state index is 0.0350. The smallest absolute Gasteiger partial charge is 0.356 e. The summed E-state index contributed by atoms with van der Waals surface area (Å²) in [6, 6.07) is 8.83. The molecule has 6 nitrogen and oxygen atoms in total. The number of halogens is 1. The predicted octanol–water partition coefficient (Wildman–Crippen LogP) is 2.76. The molecule has 2 heterocycles. The van der Waals surface area contributed by atoms with Crippen LogP contribution in [0, 0.1) is 5.82 Å². The summed E-state index contributed by atoms with van der Waals surface area (Å²) in [6.45, 7) is 0.0350. The summed E-state index contributed by atoms with van der Waals surface area (Å²) >= 11 is 0. The van der Waals surface area contributed by atoms with E-state index in [4.69, 9.17) is 9.47 Å². The molecule has 1 aromatic carbocycles. The number of pyridine rings is 1. The van der Waals surface area contributed by atoms with Crippen LogP contribution in [-0.2, 0) is 6.61 Å². The van der Waals surface area contributed by atoms with Crippen LogP contribution in [-0.4, -0.2) is 27.6 Å². The molecule has 3 rings (SSSR count). The first-order valence-electron chi connectivity index (χ1n) is 6.75. The lowest BCUT2D eigenvalue weighted by molar-refractivity contribution is 0.0693. The number of hydrogen-bond donors (Lipinski definition) is 1. The van der Waals surface area contributed by atoms with Crippen molar-refractivity contribution in [2.75, 3.05) is 7.11 Å². The Labute approximate surface area is 130 Å². The Morgan fingerprint density at radius 2 is 1.91 bits per heavy atom. The zero-order chi connectivity index (χ0) is 16.4. The number of nitrogens with zero attached hydrogens (tertiary/aromatic N) is 2. The fourth-order valence-electron chi connectivity index (χ4n) is 2.19. The van der Waals surface area contributed by atoms with Gasteiger partial charge in [0.25, 0.3) is 0 Å². The monoisotopic (exact) mass is 316 g/mol. The molecular weight excluding hydrogens is 303 g/mol. The van der Waals surface area contributed by atoms with Crippen molar-refractivity contribution in [3.8, 4) is 11.5 Å². The molecule has 0 unspecified atom stereocenters. The Bertz CT molecular complexity index is 858. The molecule has 23 heavy (non-hydrogen) atoms. The third-order valence-corrected chi connectivity index (χ3v) is 3.30. The number of imidazole rings is 1. The number of carboxylic acid groups (broad SMARTS) is 1. The zero-order valence-corrected chi connectivity index (χ0v) is 12.2. The highest BCUT2D eigenvalue weighted by Crippen LogP contribution is 2.20. The Balaban J connectivity index is 1.95. The highest BCUT2D eigenvalue weighted by Gasteiger charge is 2.17. The van der Waals surface area contributed by atoms with Gasteiger partial charge >= 0.3 is 5.97 Å². The number of aromatic nitrogens is 2. The van der Waals surface area contributed by atoms with Gasteiger partial charge in [-0.2, -0.15) is 0 Å². The Kier molecular flexibility index (Phi) is 3.84. The van der Waals surface area contributed by atoms with Crippen LogP contribution in [0.25, 0.3) is 5.52 Å². The number of carboxylic acids is 1. The van der Waals surface area contributed by atoms with Gasteiger partial charge < -0.3 is 14.6 Å². The molecular formula is C16H13FN2O4. The molecule has 118 valence electrons. The topological polar surface area (TPSA) is 73.1 Å². The summed E-state index contributed by atoms with van der Waals surface area (Å²) in [6.07, 6.45) is 1.64. The first kappa shape index (κ1) is 14.8. The summed E-state index contributed by atoms with van der Waals surface area (Å²) in [5.74, 6) is -0.0550. The van der Waals surface area contributed by atoms with Gasteiger partial charge in [-0.1, -0.05) is 0 Å². The normalized spacial score (nSPS) is 10.7. The van der Waals surface area contributed by atoms with E-state index in [0.29, 0.717) is 22.8 Å². The van der Waals surface area contributed by atoms with Crippen LogP contribution in [0.2, 0.25) is 0 Å². The molecule has 3 aromatic rings. The summed E-state index contributed by atoms with van der Waals surface area (Å²) in [7, 11) is 1.52. The zero-order valence-electron chi connectivity index (χ0n) is 12.2. The van der Waals surface area contributed by atoms with Gasteiger partial charge in [0.1, 0.15) is 23.9 Å². The maximum Gasteiger partial charge on any atom is 0.356 e. The first-order valence-corrected chi connectivity index (χ1v) is 6.75. The van der Waals surface area contributed by atoms with E-state index < -0.39 is 5.97 Å². The molecule has 0 aliphatic heterocycles. The molecule has 1 N–H and O–H groups in total. The van der Waals surface area contributed by atoms with E-state index in [1.807, 2.05) is 0 Å². The highest BCUT2D eigenvalue weighted by molar-refractivity contribution is 5.93. The third kappa shape index (κ3) is 2.94. The minimum atomic E-state index is -1.12. The largest absolute Gasteiger partial charge is 0.495 e. The quantitative estimate of drug-likeness (QED) is 0.783. The van der Waals surface area contributed by atoms with Crippen LogP contribution in [0.5, 0.6) is 11.5 Å². The summed E-state index contributed by atoms with van der Waals surface area (Å²) < 4.78 is 25.2. The van der Waals surface area contributed by atoms with Gasteiger partial charge in [0, 0.05) is 0 Å². The molecule has 0 saturated carbocycles. The van der Waals surface area contributed by atoms with Crippen LogP contribution in [0.3, 0.4) is 0 Å². The van der Waals surface area contributed by atoms with Crippen molar-refractivity contribution in [2.45, 2.75) is 6.61 Å². The second-order valence-electron chi connectivity index (χ2n) is 4.75. The molecule has 0 saturated heterocycles. The molecule has 2 aromatic heterocycles. The van der Waals surface area contributed by atoms with Gasteiger partial charge in [0.15, 0.2) is 11.5 Å². The van der Waals surface area contributed by atoms with Gasteiger partial charge in [0.2, 0.25) is 0 Å². The molecule has 0 bridgehead atoms. The van der Waals surface area contributed by atoms with E-state index in [-0.39, 0.29) is 18.1 Å². The van der Waals surface area contributed by atoms with Crippen molar-refractivity contribution < 1.29 is 23.8 Å². The van der Waals surface area contributed by atoms with Crippen LogP contribution in [0.4, 0.5) is 4.39 Å². The molecule has 0 amide bonds.